The second kappa shape index (κ2) is 6.89. The van der Waals surface area contributed by atoms with Crippen LogP contribution in [0.4, 0.5) is 5.69 Å². The van der Waals surface area contributed by atoms with Gasteiger partial charge in [-0.15, -0.1) is 0 Å². The Bertz CT molecular complexity index is 550. The lowest BCUT2D eigenvalue weighted by Gasteiger charge is -2.19. The zero-order valence-corrected chi connectivity index (χ0v) is 13.3. The van der Waals surface area contributed by atoms with Gasteiger partial charge in [-0.1, -0.05) is 22.4 Å². The Morgan fingerprint density at radius 2 is 2.29 bits per heavy atom. The number of ether oxygens (including phenoxy) is 1. The molecule has 1 aliphatic rings. The molecule has 0 heterocycles. The van der Waals surface area contributed by atoms with Crippen LogP contribution in [0.1, 0.15) is 29.6 Å². The van der Waals surface area contributed by atoms with Crippen molar-refractivity contribution in [3.63, 3.8) is 0 Å². The van der Waals surface area contributed by atoms with Gasteiger partial charge < -0.3 is 10.1 Å². The molecule has 2 unspecified atom stereocenters. The van der Waals surface area contributed by atoms with E-state index in [0.717, 1.165) is 24.6 Å². The normalized spacial score (nSPS) is 21.0. The van der Waals surface area contributed by atoms with Crippen LogP contribution in [0, 0.1) is 16.0 Å². The summed E-state index contributed by atoms with van der Waals surface area (Å²) in [6.45, 7) is 0. The van der Waals surface area contributed by atoms with E-state index in [-0.39, 0.29) is 23.4 Å². The molecule has 0 saturated heterocycles. The molecular formula is C14H17BrN2O4. The monoisotopic (exact) mass is 356 g/mol. The van der Waals surface area contributed by atoms with Crippen molar-refractivity contribution in [1.82, 2.24) is 5.32 Å². The first-order valence-electron chi connectivity index (χ1n) is 6.76. The Hall–Kier alpha value is -1.63. The summed E-state index contributed by atoms with van der Waals surface area (Å²) < 4.78 is 5.10. The number of nitrogens with zero attached hydrogens (tertiary/aromatic N) is 1. The van der Waals surface area contributed by atoms with Crippen molar-refractivity contribution in [2.45, 2.75) is 25.3 Å². The fourth-order valence-electron chi connectivity index (χ4n) is 2.64. The topological polar surface area (TPSA) is 81.5 Å². The number of nitro groups is 1. The predicted octanol–water partition coefficient (Wildman–Crippen LogP) is 2.90. The molecule has 1 aliphatic carbocycles. The molecule has 21 heavy (non-hydrogen) atoms. The first kappa shape index (κ1) is 15.8. The molecule has 0 spiro atoms. The Morgan fingerprint density at radius 3 is 2.90 bits per heavy atom. The van der Waals surface area contributed by atoms with Crippen molar-refractivity contribution in [2.75, 3.05) is 12.4 Å². The maximum atomic E-state index is 12.3. The number of carbonyl (C=O) groups excluding carboxylic acids is 1. The number of methoxy groups -OCH3 is 1. The lowest BCUT2D eigenvalue weighted by Crippen LogP contribution is -2.38. The molecule has 1 amide bonds. The highest BCUT2D eigenvalue weighted by molar-refractivity contribution is 9.09. The molecule has 7 heteroatoms. The number of nitrogens with one attached hydrogen (secondary N) is 1. The van der Waals surface area contributed by atoms with E-state index < -0.39 is 4.92 Å². The first-order valence-corrected chi connectivity index (χ1v) is 7.88. The molecule has 1 fully saturated rings. The summed E-state index contributed by atoms with van der Waals surface area (Å²) >= 11 is 3.47. The maximum absolute atomic E-state index is 12.3. The van der Waals surface area contributed by atoms with Crippen molar-refractivity contribution < 1.29 is 14.5 Å². The zero-order valence-electron chi connectivity index (χ0n) is 11.7. The number of hydrogen-bond acceptors (Lipinski definition) is 4. The summed E-state index contributed by atoms with van der Waals surface area (Å²) in [7, 11) is 1.40. The summed E-state index contributed by atoms with van der Waals surface area (Å²) in [4.78, 5) is 22.6. The molecule has 0 aromatic heterocycles. The summed E-state index contributed by atoms with van der Waals surface area (Å²) in [5.41, 5.74) is 0.228. The largest absolute Gasteiger partial charge is 0.496 e. The summed E-state index contributed by atoms with van der Waals surface area (Å²) in [5, 5.41) is 14.6. The highest BCUT2D eigenvalue weighted by Crippen LogP contribution is 2.29. The van der Waals surface area contributed by atoms with Crippen LogP contribution >= 0.6 is 15.9 Å². The van der Waals surface area contributed by atoms with Crippen LogP contribution in [0.25, 0.3) is 0 Å². The van der Waals surface area contributed by atoms with E-state index in [4.69, 9.17) is 4.74 Å². The quantitative estimate of drug-likeness (QED) is 0.499. The average molecular weight is 357 g/mol. The van der Waals surface area contributed by atoms with Gasteiger partial charge in [0, 0.05) is 17.4 Å². The number of amides is 1. The Morgan fingerprint density at radius 1 is 1.52 bits per heavy atom. The fraction of sp³-hybridized carbons (Fsp3) is 0.500. The van der Waals surface area contributed by atoms with Crippen LogP contribution in [0.2, 0.25) is 0 Å². The minimum Gasteiger partial charge on any atom is -0.496 e. The molecule has 1 N–H and O–H groups in total. The highest BCUT2D eigenvalue weighted by Gasteiger charge is 2.28. The van der Waals surface area contributed by atoms with E-state index in [1.165, 1.54) is 25.3 Å². The third-order valence-electron chi connectivity index (χ3n) is 3.81. The standard InChI is InChI=1S/C14H17BrN2O4/c1-21-13-7-10(17(19)20)5-6-11(13)14(18)16-12-4-2-3-9(12)8-15/h5-7,9,12H,2-4,8H2,1H3,(H,16,18). The van der Waals surface area contributed by atoms with E-state index in [9.17, 15) is 14.9 Å². The number of nitro benzene ring substituents is 1. The fourth-order valence-corrected chi connectivity index (χ4v) is 3.41. The summed E-state index contributed by atoms with van der Waals surface area (Å²) in [5.74, 6) is 0.396. The molecule has 2 rings (SSSR count). The minimum atomic E-state index is -0.512. The van der Waals surface area contributed by atoms with Crippen molar-refractivity contribution in [3.8, 4) is 5.75 Å². The molecule has 1 aromatic carbocycles. The van der Waals surface area contributed by atoms with Gasteiger partial charge in [0.25, 0.3) is 11.6 Å². The zero-order chi connectivity index (χ0) is 15.4. The van der Waals surface area contributed by atoms with Crippen molar-refractivity contribution in [3.05, 3.63) is 33.9 Å². The number of benzene rings is 1. The van der Waals surface area contributed by atoms with Gasteiger partial charge in [-0.25, -0.2) is 0 Å². The maximum Gasteiger partial charge on any atom is 0.273 e. The van der Waals surface area contributed by atoms with Gasteiger partial charge in [0.1, 0.15) is 5.75 Å². The van der Waals surface area contributed by atoms with E-state index >= 15 is 0 Å². The lowest BCUT2D eigenvalue weighted by molar-refractivity contribution is -0.384. The SMILES string of the molecule is COc1cc([N+](=O)[O-])ccc1C(=O)NC1CCCC1CBr. The number of hydrogen-bond donors (Lipinski definition) is 1. The molecule has 1 aromatic rings. The number of halogens is 1. The molecule has 2 atom stereocenters. The molecule has 114 valence electrons. The molecule has 0 aliphatic heterocycles. The van der Waals surface area contributed by atoms with Gasteiger partial charge in [-0.3, -0.25) is 14.9 Å². The van der Waals surface area contributed by atoms with Gasteiger partial charge in [-0.05, 0) is 24.8 Å². The Balaban J connectivity index is 2.17. The smallest absolute Gasteiger partial charge is 0.273 e. The van der Waals surface area contributed by atoms with Crippen LogP contribution in [0.15, 0.2) is 18.2 Å². The molecule has 6 nitrogen and oxygen atoms in total. The van der Waals surface area contributed by atoms with Gasteiger partial charge in [0.15, 0.2) is 0 Å². The van der Waals surface area contributed by atoms with E-state index in [0.29, 0.717) is 11.5 Å². The Kier molecular flexibility index (Phi) is 5.17. The van der Waals surface area contributed by atoms with Crippen LogP contribution in [0.5, 0.6) is 5.75 Å². The summed E-state index contributed by atoms with van der Waals surface area (Å²) in [6, 6.07) is 4.15. The highest BCUT2D eigenvalue weighted by atomic mass is 79.9. The number of rotatable bonds is 5. The van der Waals surface area contributed by atoms with Crippen LogP contribution in [-0.2, 0) is 0 Å². The van der Waals surface area contributed by atoms with E-state index in [2.05, 4.69) is 21.2 Å². The van der Waals surface area contributed by atoms with Gasteiger partial charge in [-0.2, -0.15) is 0 Å². The van der Waals surface area contributed by atoms with Gasteiger partial charge in [0.05, 0.1) is 23.7 Å². The number of alkyl halides is 1. The van der Waals surface area contributed by atoms with Crippen molar-refractivity contribution in [2.24, 2.45) is 5.92 Å². The summed E-state index contributed by atoms with van der Waals surface area (Å²) in [6.07, 6.45) is 3.14. The van der Waals surface area contributed by atoms with Crippen LogP contribution in [0.3, 0.4) is 0 Å². The second-order valence-corrected chi connectivity index (χ2v) is 5.71. The second-order valence-electron chi connectivity index (χ2n) is 5.07. The minimum absolute atomic E-state index is 0.0948. The van der Waals surface area contributed by atoms with Crippen LogP contribution in [-0.4, -0.2) is 29.3 Å². The molecule has 1 saturated carbocycles. The van der Waals surface area contributed by atoms with E-state index in [1.807, 2.05) is 0 Å². The predicted molar refractivity (Wildman–Crippen MR) is 82.0 cm³/mol. The first-order chi connectivity index (χ1) is 10.1. The third-order valence-corrected chi connectivity index (χ3v) is 4.65. The van der Waals surface area contributed by atoms with Gasteiger partial charge in [0.2, 0.25) is 0 Å². The third kappa shape index (κ3) is 3.53. The molecule has 0 radical (unpaired) electrons. The van der Waals surface area contributed by atoms with Crippen LogP contribution < -0.4 is 10.1 Å². The average Bonchev–Trinajstić information content (AvgIpc) is 2.93. The molecule has 0 bridgehead atoms. The number of non-ortho nitro benzene ring substituents is 1. The van der Waals surface area contributed by atoms with E-state index in [1.54, 1.807) is 0 Å². The van der Waals surface area contributed by atoms with Crippen molar-refractivity contribution >= 4 is 27.5 Å². The Labute approximate surface area is 131 Å². The lowest BCUT2D eigenvalue weighted by atomic mass is 10.1. The molecular weight excluding hydrogens is 340 g/mol. The van der Waals surface area contributed by atoms with Gasteiger partial charge >= 0.3 is 0 Å². The van der Waals surface area contributed by atoms with Crippen molar-refractivity contribution in [1.29, 1.82) is 0 Å². The number of carbonyl (C=O) groups is 1.